The smallest absolute Gasteiger partial charge is 0.323 e. The molecular formula is C27H31N3O2. The number of hydrogen-bond acceptors (Lipinski definition) is 3. The van der Waals surface area contributed by atoms with Crippen LogP contribution < -0.4 is 15.4 Å². The van der Waals surface area contributed by atoms with Crippen LogP contribution in [-0.2, 0) is 19.4 Å². The molecular weight excluding hydrogens is 398 g/mol. The van der Waals surface area contributed by atoms with Gasteiger partial charge in [0.25, 0.3) is 0 Å². The van der Waals surface area contributed by atoms with Crippen LogP contribution in [0.4, 0.5) is 16.2 Å². The molecule has 5 nitrogen and oxygen atoms in total. The van der Waals surface area contributed by atoms with Gasteiger partial charge in [-0.15, -0.1) is 0 Å². The van der Waals surface area contributed by atoms with Gasteiger partial charge in [0, 0.05) is 17.9 Å². The molecule has 32 heavy (non-hydrogen) atoms. The van der Waals surface area contributed by atoms with Crippen LogP contribution in [0.15, 0.2) is 72.8 Å². The largest absolute Gasteiger partial charge is 0.489 e. The highest BCUT2D eigenvalue weighted by molar-refractivity contribution is 5.99. The molecule has 0 radical (unpaired) electrons. The minimum absolute atomic E-state index is 0.246. The van der Waals surface area contributed by atoms with E-state index in [2.05, 4.69) is 41.8 Å². The average Bonchev–Trinajstić information content (AvgIpc) is 2.79. The summed E-state index contributed by atoms with van der Waals surface area (Å²) < 4.78 is 5.80. The van der Waals surface area contributed by atoms with Crippen molar-refractivity contribution < 1.29 is 9.53 Å². The molecule has 0 saturated heterocycles. The van der Waals surface area contributed by atoms with Gasteiger partial charge in [-0.1, -0.05) is 36.4 Å². The lowest BCUT2D eigenvalue weighted by Gasteiger charge is -2.27. The first kappa shape index (κ1) is 21.9. The third kappa shape index (κ3) is 6.11. The zero-order chi connectivity index (χ0) is 22.3. The van der Waals surface area contributed by atoms with Crippen molar-refractivity contribution in [2.45, 2.75) is 25.9 Å². The molecule has 0 saturated carbocycles. The molecule has 3 aromatic carbocycles. The van der Waals surface area contributed by atoms with Crippen molar-refractivity contribution in [1.29, 1.82) is 0 Å². The summed E-state index contributed by atoms with van der Waals surface area (Å²) in [4.78, 5) is 14.7. The van der Waals surface area contributed by atoms with Crippen molar-refractivity contribution in [3.05, 3.63) is 89.5 Å². The zero-order valence-electron chi connectivity index (χ0n) is 18.8. The van der Waals surface area contributed by atoms with Gasteiger partial charge in [-0.05, 0) is 92.4 Å². The van der Waals surface area contributed by atoms with Crippen LogP contribution in [0.5, 0.6) is 5.75 Å². The molecule has 2 amide bonds. The van der Waals surface area contributed by atoms with Crippen LogP contribution in [-0.4, -0.2) is 31.6 Å². The molecule has 1 atom stereocenters. The van der Waals surface area contributed by atoms with E-state index in [1.165, 1.54) is 17.5 Å². The summed E-state index contributed by atoms with van der Waals surface area (Å²) in [6.45, 7) is 1.64. The highest BCUT2D eigenvalue weighted by Crippen LogP contribution is 2.28. The third-order valence-corrected chi connectivity index (χ3v) is 5.78. The van der Waals surface area contributed by atoms with Crippen molar-refractivity contribution in [3.63, 3.8) is 0 Å². The Bertz CT molecular complexity index is 1030. The third-order valence-electron chi connectivity index (χ3n) is 5.78. The first-order chi connectivity index (χ1) is 15.5. The van der Waals surface area contributed by atoms with Gasteiger partial charge in [0.15, 0.2) is 0 Å². The minimum Gasteiger partial charge on any atom is -0.489 e. The Labute approximate surface area is 190 Å². The number of hydrogen-bond donors (Lipinski definition) is 2. The Balaban J connectivity index is 1.28. The molecule has 0 spiro atoms. The number of nitrogens with one attached hydrogen (secondary N) is 2. The number of ether oxygens (including phenoxy) is 1. The van der Waals surface area contributed by atoms with Gasteiger partial charge in [-0.25, -0.2) is 4.79 Å². The van der Waals surface area contributed by atoms with Crippen LogP contribution in [0, 0.1) is 5.92 Å². The summed E-state index contributed by atoms with van der Waals surface area (Å²) >= 11 is 0. The van der Waals surface area contributed by atoms with Crippen LogP contribution in [0.25, 0.3) is 0 Å². The molecule has 1 aliphatic rings. The standard InChI is InChI=1S/C27H31N3O2/c1-30(2)18-21-8-9-23-17-25(11-10-22(23)16-21)29-27(31)28-24-12-14-26(15-13-24)32-19-20-6-4-3-5-7-20/h3-7,10-15,17,21H,8-9,16,18-19H2,1-2H3,(H2,28,29,31). The average molecular weight is 430 g/mol. The fourth-order valence-electron chi connectivity index (χ4n) is 4.25. The highest BCUT2D eigenvalue weighted by Gasteiger charge is 2.19. The lowest BCUT2D eigenvalue weighted by Crippen LogP contribution is -2.26. The lowest BCUT2D eigenvalue weighted by molar-refractivity contribution is 0.262. The van der Waals surface area contributed by atoms with Gasteiger partial charge in [0.05, 0.1) is 0 Å². The van der Waals surface area contributed by atoms with Crippen LogP contribution in [0.1, 0.15) is 23.1 Å². The number of anilines is 2. The predicted octanol–water partition coefficient (Wildman–Crippen LogP) is 5.58. The maximum Gasteiger partial charge on any atom is 0.323 e. The number of benzene rings is 3. The SMILES string of the molecule is CN(C)CC1CCc2cc(NC(=O)Nc3ccc(OCc4ccccc4)cc3)ccc2C1. The van der Waals surface area contributed by atoms with E-state index in [-0.39, 0.29) is 6.03 Å². The van der Waals surface area contributed by atoms with Crippen LogP contribution in [0.2, 0.25) is 0 Å². The van der Waals surface area contributed by atoms with E-state index in [1.807, 2.05) is 60.7 Å². The number of amides is 2. The van der Waals surface area contributed by atoms with E-state index in [0.29, 0.717) is 12.5 Å². The number of urea groups is 1. The number of nitrogens with zero attached hydrogens (tertiary/aromatic N) is 1. The number of fused-ring (bicyclic) bond motifs is 1. The molecule has 166 valence electrons. The summed E-state index contributed by atoms with van der Waals surface area (Å²) in [5.41, 5.74) is 5.42. The summed E-state index contributed by atoms with van der Waals surface area (Å²) in [7, 11) is 4.26. The molecule has 1 unspecified atom stereocenters. The first-order valence-electron chi connectivity index (χ1n) is 11.2. The van der Waals surface area contributed by atoms with Gasteiger partial charge in [0.1, 0.15) is 12.4 Å². The molecule has 0 aromatic heterocycles. The second kappa shape index (κ2) is 10.3. The maximum absolute atomic E-state index is 12.5. The quantitative estimate of drug-likeness (QED) is 0.516. The minimum atomic E-state index is -0.246. The normalized spacial score (nSPS) is 15.2. The fourth-order valence-corrected chi connectivity index (χ4v) is 4.25. The molecule has 5 heteroatoms. The monoisotopic (exact) mass is 429 g/mol. The Hall–Kier alpha value is -3.31. The predicted molar refractivity (Wildman–Crippen MR) is 130 cm³/mol. The molecule has 0 fully saturated rings. The molecule has 2 N–H and O–H groups in total. The van der Waals surface area contributed by atoms with Crippen LogP contribution in [0.3, 0.4) is 0 Å². The van der Waals surface area contributed by atoms with E-state index in [4.69, 9.17) is 4.74 Å². The number of carbonyl (C=O) groups excluding carboxylic acids is 1. The van der Waals surface area contributed by atoms with Crippen molar-refractivity contribution in [3.8, 4) is 5.75 Å². The molecule has 4 rings (SSSR count). The second-order valence-electron chi connectivity index (χ2n) is 8.73. The summed E-state index contributed by atoms with van der Waals surface area (Å²) in [5.74, 6) is 1.47. The number of aryl methyl sites for hydroxylation is 1. The summed E-state index contributed by atoms with van der Waals surface area (Å²) in [5, 5.41) is 5.84. The van der Waals surface area contributed by atoms with Crippen LogP contribution >= 0.6 is 0 Å². The van der Waals surface area contributed by atoms with Gasteiger partial charge >= 0.3 is 6.03 Å². The van der Waals surface area contributed by atoms with Crippen molar-refractivity contribution in [2.75, 3.05) is 31.3 Å². The summed E-state index contributed by atoms with van der Waals surface area (Å²) in [6.07, 6.45) is 3.37. The van der Waals surface area contributed by atoms with Gasteiger partial charge < -0.3 is 20.3 Å². The first-order valence-corrected chi connectivity index (χ1v) is 11.2. The Morgan fingerprint density at radius 2 is 1.66 bits per heavy atom. The van der Waals surface area contributed by atoms with E-state index in [0.717, 1.165) is 42.1 Å². The Kier molecular flexibility index (Phi) is 7.07. The van der Waals surface area contributed by atoms with Crippen molar-refractivity contribution in [2.24, 2.45) is 5.92 Å². The van der Waals surface area contributed by atoms with Gasteiger partial charge in [0.2, 0.25) is 0 Å². The molecule has 0 aliphatic heterocycles. The van der Waals surface area contributed by atoms with Gasteiger partial charge in [-0.2, -0.15) is 0 Å². The van der Waals surface area contributed by atoms with Crippen molar-refractivity contribution >= 4 is 17.4 Å². The number of carbonyl (C=O) groups is 1. The van der Waals surface area contributed by atoms with E-state index < -0.39 is 0 Å². The van der Waals surface area contributed by atoms with E-state index in [9.17, 15) is 4.79 Å². The molecule has 3 aromatic rings. The van der Waals surface area contributed by atoms with Crippen molar-refractivity contribution in [1.82, 2.24) is 4.90 Å². The maximum atomic E-state index is 12.5. The number of rotatable bonds is 7. The molecule has 0 heterocycles. The highest BCUT2D eigenvalue weighted by atomic mass is 16.5. The second-order valence-corrected chi connectivity index (χ2v) is 8.73. The lowest BCUT2D eigenvalue weighted by atomic mass is 9.83. The van der Waals surface area contributed by atoms with Gasteiger partial charge in [-0.3, -0.25) is 0 Å². The molecule has 0 bridgehead atoms. The topological polar surface area (TPSA) is 53.6 Å². The van der Waals surface area contributed by atoms with E-state index >= 15 is 0 Å². The molecule has 1 aliphatic carbocycles. The fraction of sp³-hybridized carbons (Fsp3) is 0.296. The Morgan fingerprint density at radius 3 is 2.41 bits per heavy atom. The Morgan fingerprint density at radius 1 is 0.938 bits per heavy atom. The van der Waals surface area contributed by atoms with E-state index in [1.54, 1.807) is 0 Å². The summed E-state index contributed by atoms with van der Waals surface area (Å²) in [6, 6.07) is 23.5. The zero-order valence-corrected chi connectivity index (χ0v) is 18.8.